The smallest absolute Gasteiger partial charge is 0.0804 e. The molecule has 2 N–H and O–H groups in total. The van der Waals surface area contributed by atoms with Crippen molar-refractivity contribution < 1.29 is 5.11 Å². The van der Waals surface area contributed by atoms with Gasteiger partial charge in [0.2, 0.25) is 0 Å². The van der Waals surface area contributed by atoms with Crippen LogP contribution in [0.2, 0.25) is 0 Å². The van der Waals surface area contributed by atoms with Crippen LogP contribution in [-0.2, 0) is 6.42 Å². The summed E-state index contributed by atoms with van der Waals surface area (Å²) in [6.45, 7) is 3.25. The minimum atomic E-state index is -0.318. The third-order valence-electron chi connectivity index (χ3n) is 3.44. The van der Waals surface area contributed by atoms with Crippen molar-refractivity contribution in [2.24, 2.45) is 0 Å². The maximum Gasteiger partial charge on any atom is 0.0804 e. The fourth-order valence-electron chi connectivity index (χ4n) is 2.34. The zero-order chi connectivity index (χ0) is 11.4. The predicted octanol–water partition coefficient (Wildman–Crippen LogP) is 2.42. The van der Waals surface area contributed by atoms with Crippen LogP contribution in [0.1, 0.15) is 43.4 Å². The Morgan fingerprint density at radius 1 is 1.38 bits per heavy atom. The molecule has 1 aromatic carbocycles. The van der Waals surface area contributed by atoms with Gasteiger partial charge in [0, 0.05) is 6.04 Å². The summed E-state index contributed by atoms with van der Waals surface area (Å²) in [5, 5.41) is 13.5. The average molecular weight is 219 g/mol. The van der Waals surface area contributed by atoms with Crippen molar-refractivity contribution in [1.82, 2.24) is 5.32 Å². The lowest BCUT2D eigenvalue weighted by Crippen LogP contribution is -2.23. The summed E-state index contributed by atoms with van der Waals surface area (Å²) in [5.41, 5.74) is 2.38. The first-order valence-electron chi connectivity index (χ1n) is 6.30. The molecule has 16 heavy (non-hydrogen) atoms. The van der Waals surface area contributed by atoms with Crippen LogP contribution in [0.5, 0.6) is 0 Å². The number of aliphatic hydroxyl groups excluding tert-OH is 1. The Hall–Kier alpha value is -0.860. The van der Waals surface area contributed by atoms with E-state index in [0.29, 0.717) is 6.04 Å². The molecule has 1 aromatic rings. The van der Waals surface area contributed by atoms with Crippen molar-refractivity contribution in [3.8, 4) is 0 Å². The van der Waals surface area contributed by atoms with Gasteiger partial charge in [-0.3, -0.25) is 0 Å². The number of aryl methyl sites for hydroxylation is 1. The molecular formula is C14H21NO. The van der Waals surface area contributed by atoms with Crippen molar-refractivity contribution in [3.63, 3.8) is 0 Å². The van der Waals surface area contributed by atoms with Crippen LogP contribution in [0.4, 0.5) is 0 Å². The quantitative estimate of drug-likeness (QED) is 0.815. The first-order chi connectivity index (χ1) is 7.79. The number of hydrogen-bond acceptors (Lipinski definition) is 2. The fraction of sp³-hybridized carbons (Fsp3) is 0.571. The largest absolute Gasteiger partial charge is 0.388 e. The molecule has 0 aromatic heterocycles. The van der Waals surface area contributed by atoms with Gasteiger partial charge in [-0.25, -0.2) is 0 Å². The van der Waals surface area contributed by atoms with Crippen LogP contribution in [0.3, 0.4) is 0 Å². The normalized spacial score (nSPS) is 22.2. The Morgan fingerprint density at radius 3 is 2.69 bits per heavy atom. The second-order valence-corrected chi connectivity index (χ2v) is 4.64. The highest BCUT2D eigenvalue weighted by Crippen LogP contribution is 2.22. The number of rotatable bonds is 4. The van der Waals surface area contributed by atoms with Gasteiger partial charge in [-0.1, -0.05) is 31.2 Å². The Labute approximate surface area is 97.7 Å². The second kappa shape index (κ2) is 5.46. The van der Waals surface area contributed by atoms with Crippen LogP contribution >= 0.6 is 0 Å². The van der Waals surface area contributed by atoms with Crippen molar-refractivity contribution in [1.29, 1.82) is 0 Å². The third-order valence-corrected chi connectivity index (χ3v) is 3.44. The van der Waals surface area contributed by atoms with E-state index in [-0.39, 0.29) is 6.10 Å². The second-order valence-electron chi connectivity index (χ2n) is 4.64. The molecule has 88 valence electrons. The van der Waals surface area contributed by atoms with Gasteiger partial charge in [0.25, 0.3) is 0 Å². The third kappa shape index (κ3) is 2.83. The van der Waals surface area contributed by atoms with Gasteiger partial charge in [0.05, 0.1) is 6.10 Å². The van der Waals surface area contributed by atoms with Crippen LogP contribution < -0.4 is 5.32 Å². The first-order valence-corrected chi connectivity index (χ1v) is 6.30. The number of aliphatic hydroxyl groups is 1. The van der Waals surface area contributed by atoms with Gasteiger partial charge in [0.1, 0.15) is 0 Å². The molecule has 2 atom stereocenters. The van der Waals surface area contributed by atoms with Crippen LogP contribution in [0, 0.1) is 0 Å². The van der Waals surface area contributed by atoms with Crippen molar-refractivity contribution in [2.75, 3.05) is 6.54 Å². The molecule has 2 heteroatoms. The molecule has 0 amide bonds. The Bertz CT molecular complexity index is 314. The van der Waals surface area contributed by atoms with Crippen LogP contribution in [0.15, 0.2) is 24.3 Å². The highest BCUT2D eigenvalue weighted by atomic mass is 16.3. The molecule has 2 rings (SSSR count). The van der Waals surface area contributed by atoms with E-state index >= 15 is 0 Å². The van der Waals surface area contributed by atoms with Gasteiger partial charge in [-0.2, -0.15) is 0 Å². The molecule has 0 spiro atoms. The zero-order valence-electron chi connectivity index (χ0n) is 9.95. The summed E-state index contributed by atoms with van der Waals surface area (Å²) >= 11 is 0. The van der Waals surface area contributed by atoms with Gasteiger partial charge >= 0.3 is 0 Å². The summed E-state index contributed by atoms with van der Waals surface area (Å²) in [7, 11) is 0. The molecular weight excluding hydrogens is 198 g/mol. The monoisotopic (exact) mass is 219 g/mol. The number of nitrogens with one attached hydrogen (secondary N) is 1. The minimum absolute atomic E-state index is 0.318. The van der Waals surface area contributed by atoms with E-state index in [0.717, 1.165) is 24.9 Å². The molecule has 2 nitrogen and oxygen atoms in total. The summed E-state index contributed by atoms with van der Waals surface area (Å²) in [5.74, 6) is 0. The van der Waals surface area contributed by atoms with Crippen LogP contribution in [0.25, 0.3) is 0 Å². The highest BCUT2D eigenvalue weighted by molar-refractivity contribution is 5.24. The fourth-order valence-corrected chi connectivity index (χ4v) is 2.34. The lowest BCUT2D eigenvalue weighted by Gasteiger charge is -2.16. The summed E-state index contributed by atoms with van der Waals surface area (Å²) in [6.07, 6.45) is 4.02. The predicted molar refractivity (Wildman–Crippen MR) is 66.4 cm³/mol. The summed E-state index contributed by atoms with van der Waals surface area (Å²) < 4.78 is 0. The zero-order valence-corrected chi connectivity index (χ0v) is 9.95. The first kappa shape index (κ1) is 11.6. The van der Waals surface area contributed by atoms with Gasteiger partial charge in [0.15, 0.2) is 0 Å². The lowest BCUT2D eigenvalue weighted by molar-refractivity contribution is 0.154. The molecule has 1 fully saturated rings. The van der Waals surface area contributed by atoms with E-state index in [1.807, 2.05) is 0 Å². The molecule has 2 unspecified atom stereocenters. The van der Waals surface area contributed by atoms with Gasteiger partial charge in [-0.05, 0) is 43.4 Å². The van der Waals surface area contributed by atoms with Crippen molar-refractivity contribution in [2.45, 2.75) is 44.8 Å². The number of hydrogen-bond donors (Lipinski definition) is 2. The van der Waals surface area contributed by atoms with Gasteiger partial charge < -0.3 is 10.4 Å². The molecule has 0 aliphatic carbocycles. The van der Waals surface area contributed by atoms with Gasteiger partial charge in [-0.15, -0.1) is 0 Å². The maximum atomic E-state index is 10.1. The van der Waals surface area contributed by atoms with Crippen LogP contribution in [-0.4, -0.2) is 17.7 Å². The molecule has 0 bridgehead atoms. The van der Waals surface area contributed by atoms with Crippen molar-refractivity contribution >= 4 is 0 Å². The topological polar surface area (TPSA) is 32.3 Å². The Kier molecular flexibility index (Phi) is 3.97. The van der Waals surface area contributed by atoms with E-state index < -0.39 is 0 Å². The van der Waals surface area contributed by atoms with Crippen molar-refractivity contribution in [3.05, 3.63) is 35.4 Å². The molecule has 1 saturated heterocycles. The van der Waals surface area contributed by atoms with E-state index in [1.165, 1.54) is 18.4 Å². The molecule has 1 heterocycles. The SMILES string of the molecule is CCc1ccc(C(O)CC2CCCN2)cc1. The maximum absolute atomic E-state index is 10.1. The summed E-state index contributed by atoms with van der Waals surface area (Å²) in [4.78, 5) is 0. The lowest BCUT2D eigenvalue weighted by atomic mass is 9.99. The highest BCUT2D eigenvalue weighted by Gasteiger charge is 2.18. The molecule has 0 saturated carbocycles. The Balaban J connectivity index is 1.94. The van der Waals surface area contributed by atoms with E-state index in [9.17, 15) is 5.11 Å². The molecule has 1 aliphatic heterocycles. The number of benzene rings is 1. The molecule has 0 radical (unpaired) electrons. The average Bonchev–Trinajstić information content (AvgIpc) is 2.82. The van der Waals surface area contributed by atoms with E-state index in [2.05, 4.69) is 36.5 Å². The van der Waals surface area contributed by atoms with E-state index in [4.69, 9.17) is 0 Å². The summed E-state index contributed by atoms with van der Waals surface area (Å²) in [6, 6.07) is 8.83. The standard InChI is InChI=1S/C14H21NO/c1-2-11-5-7-12(8-6-11)14(16)10-13-4-3-9-15-13/h5-8,13-16H,2-4,9-10H2,1H3. The molecule has 1 aliphatic rings. The van der Waals surface area contributed by atoms with E-state index in [1.54, 1.807) is 0 Å². The Morgan fingerprint density at radius 2 is 2.12 bits per heavy atom. The minimum Gasteiger partial charge on any atom is -0.388 e.